The summed E-state index contributed by atoms with van der Waals surface area (Å²) in [5.41, 5.74) is 6.13. The molecular formula is C15H21N3O2. The average molecular weight is 275 g/mol. The topological polar surface area (TPSA) is 79.9 Å². The third-order valence-corrected chi connectivity index (χ3v) is 2.92. The van der Waals surface area contributed by atoms with E-state index in [4.69, 9.17) is 22.1 Å². The van der Waals surface area contributed by atoms with Gasteiger partial charge >= 0.3 is 0 Å². The summed E-state index contributed by atoms with van der Waals surface area (Å²) in [6.07, 6.45) is 7.02. The second-order valence-corrected chi connectivity index (χ2v) is 4.33. The molecule has 5 nitrogen and oxygen atoms in total. The SMILES string of the molecule is C#CCC(CC)NCCOc1ccc(/C(N)=N/O)cc1. The molecule has 0 fully saturated rings. The van der Waals surface area contributed by atoms with Crippen LogP contribution >= 0.6 is 0 Å². The van der Waals surface area contributed by atoms with Crippen LogP contribution in [0.25, 0.3) is 0 Å². The maximum atomic E-state index is 8.56. The molecule has 1 unspecified atom stereocenters. The van der Waals surface area contributed by atoms with Crippen molar-refractivity contribution in [3.8, 4) is 18.1 Å². The highest BCUT2D eigenvalue weighted by Crippen LogP contribution is 2.11. The fourth-order valence-corrected chi connectivity index (χ4v) is 1.71. The Hall–Kier alpha value is -2.19. The summed E-state index contributed by atoms with van der Waals surface area (Å²) in [6, 6.07) is 7.39. The van der Waals surface area contributed by atoms with Gasteiger partial charge < -0.3 is 21.0 Å². The van der Waals surface area contributed by atoms with E-state index in [2.05, 4.69) is 23.3 Å². The molecule has 0 amide bonds. The normalized spacial score (nSPS) is 12.7. The van der Waals surface area contributed by atoms with Crippen LogP contribution in [0, 0.1) is 12.3 Å². The van der Waals surface area contributed by atoms with Crippen molar-refractivity contribution >= 4 is 5.84 Å². The van der Waals surface area contributed by atoms with Gasteiger partial charge in [0.1, 0.15) is 12.4 Å². The van der Waals surface area contributed by atoms with Crippen LogP contribution < -0.4 is 15.8 Å². The van der Waals surface area contributed by atoms with Gasteiger partial charge in [0.05, 0.1) is 0 Å². The first-order valence-corrected chi connectivity index (χ1v) is 6.58. The van der Waals surface area contributed by atoms with E-state index < -0.39 is 0 Å². The fraction of sp³-hybridized carbons (Fsp3) is 0.400. The maximum Gasteiger partial charge on any atom is 0.170 e. The molecule has 0 aliphatic heterocycles. The van der Waals surface area contributed by atoms with Crippen LogP contribution in [-0.4, -0.2) is 30.2 Å². The van der Waals surface area contributed by atoms with Gasteiger partial charge in [0.25, 0.3) is 0 Å². The monoisotopic (exact) mass is 275 g/mol. The summed E-state index contributed by atoms with van der Waals surface area (Å²) in [7, 11) is 0. The molecule has 5 heteroatoms. The molecule has 0 bridgehead atoms. The quantitative estimate of drug-likeness (QED) is 0.168. The lowest BCUT2D eigenvalue weighted by Crippen LogP contribution is -2.31. The molecule has 0 radical (unpaired) electrons. The molecule has 1 aromatic carbocycles. The predicted molar refractivity (Wildman–Crippen MR) is 80.0 cm³/mol. The number of terminal acetylenes is 1. The minimum absolute atomic E-state index is 0.0817. The first-order valence-electron chi connectivity index (χ1n) is 6.58. The smallest absolute Gasteiger partial charge is 0.170 e. The molecule has 4 N–H and O–H groups in total. The Labute approximate surface area is 119 Å². The Morgan fingerprint density at radius 1 is 1.50 bits per heavy atom. The highest BCUT2D eigenvalue weighted by atomic mass is 16.5. The number of rotatable bonds is 8. The zero-order valence-corrected chi connectivity index (χ0v) is 11.7. The summed E-state index contributed by atoms with van der Waals surface area (Å²) in [5.74, 6) is 3.48. The minimum atomic E-state index is 0.0817. The molecular weight excluding hydrogens is 254 g/mol. The predicted octanol–water partition coefficient (Wildman–Crippen LogP) is 1.55. The van der Waals surface area contributed by atoms with E-state index in [0.29, 0.717) is 18.2 Å². The van der Waals surface area contributed by atoms with Gasteiger partial charge in [-0.1, -0.05) is 12.1 Å². The second kappa shape index (κ2) is 8.83. The van der Waals surface area contributed by atoms with Crippen LogP contribution in [0.3, 0.4) is 0 Å². The molecule has 1 aromatic rings. The van der Waals surface area contributed by atoms with Crippen molar-refractivity contribution in [3.63, 3.8) is 0 Å². The average Bonchev–Trinajstić information content (AvgIpc) is 2.50. The molecule has 0 saturated carbocycles. The molecule has 0 aliphatic rings. The van der Waals surface area contributed by atoms with E-state index in [-0.39, 0.29) is 5.84 Å². The van der Waals surface area contributed by atoms with Crippen molar-refractivity contribution in [1.82, 2.24) is 5.32 Å². The second-order valence-electron chi connectivity index (χ2n) is 4.33. The fourth-order valence-electron chi connectivity index (χ4n) is 1.71. The number of nitrogens with two attached hydrogens (primary N) is 1. The third kappa shape index (κ3) is 5.21. The van der Waals surface area contributed by atoms with Crippen LogP contribution in [0.2, 0.25) is 0 Å². The Kier molecular flexibility index (Phi) is 7.01. The largest absolute Gasteiger partial charge is 0.492 e. The zero-order chi connectivity index (χ0) is 14.8. The number of amidine groups is 1. The van der Waals surface area contributed by atoms with Gasteiger partial charge in [0.2, 0.25) is 0 Å². The standard InChI is InChI=1S/C15H21N3O2/c1-3-5-13(4-2)17-10-11-20-14-8-6-12(7-9-14)15(16)18-19/h1,6-9,13,17,19H,4-5,10-11H2,2H3,(H2,16,18). The van der Waals surface area contributed by atoms with E-state index in [9.17, 15) is 0 Å². The van der Waals surface area contributed by atoms with E-state index in [1.165, 1.54) is 0 Å². The Morgan fingerprint density at radius 2 is 2.20 bits per heavy atom. The molecule has 0 spiro atoms. The maximum absolute atomic E-state index is 8.56. The molecule has 20 heavy (non-hydrogen) atoms. The van der Waals surface area contributed by atoms with E-state index >= 15 is 0 Å². The minimum Gasteiger partial charge on any atom is -0.492 e. The van der Waals surface area contributed by atoms with E-state index in [1.807, 2.05) is 0 Å². The highest BCUT2D eigenvalue weighted by Gasteiger charge is 2.03. The number of ether oxygens (including phenoxy) is 1. The van der Waals surface area contributed by atoms with Crippen LogP contribution in [0.4, 0.5) is 0 Å². The lowest BCUT2D eigenvalue weighted by molar-refractivity contribution is 0.304. The first-order chi connectivity index (χ1) is 9.71. The zero-order valence-electron chi connectivity index (χ0n) is 11.7. The number of hydrogen-bond donors (Lipinski definition) is 3. The number of nitrogens with zero attached hydrogens (tertiary/aromatic N) is 1. The Bertz CT molecular complexity index is 463. The number of oxime groups is 1. The van der Waals surface area contributed by atoms with Gasteiger partial charge in [-0.2, -0.15) is 0 Å². The molecule has 0 aromatic heterocycles. The van der Waals surface area contributed by atoms with Gasteiger partial charge in [0.15, 0.2) is 5.84 Å². The Morgan fingerprint density at radius 3 is 2.75 bits per heavy atom. The number of hydrogen-bond acceptors (Lipinski definition) is 4. The van der Waals surface area contributed by atoms with Gasteiger partial charge in [-0.3, -0.25) is 0 Å². The lowest BCUT2D eigenvalue weighted by Gasteiger charge is -2.14. The molecule has 0 heterocycles. The summed E-state index contributed by atoms with van der Waals surface area (Å²) < 4.78 is 5.59. The van der Waals surface area contributed by atoms with Crippen molar-refractivity contribution in [2.24, 2.45) is 10.9 Å². The molecule has 0 aliphatic carbocycles. The van der Waals surface area contributed by atoms with Crippen molar-refractivity contribution < 1.29 is 9.94 Å². The first kappa shape index (κ1) is 15.9. The summed E-state index contributed by atoms with van der Waals surface area (Å²) >= 11 is 0. The summed E-state index contributed by atoms with van der Waals surface area (Å²) in [5, 5.41) is 14.8. The lowest BCUT2D eigenvalue weighted by atomic mass is 10.1. The molecule has 0 saturated heterocycles. The van der Waals surface area contributed by atoms with Crippen LogP contribution in [0.5, 0.6) is 5.75 Å². The van der Waals surface area contributed by atoms with Crippen molar-refractivity contribution in [2.75, 3.05) is 13.2 Å². The third-order valence-electron chi connectivity index (χ3n) is 2.92. The number of benzene rings is 1. The van der Waals surface area contributed by atoms with Gasteiger partial charge in [0, 0.05) is 24.6 Å². The van der Waals surface area contributed by atoms with Gasteiger partial charge in [-0.25, -0.2) is 0 Å². The van der Waals surface area contributed by atoms with Crippen LogP contribution in [0.1, 0.15) is 25.3 Å². The Balaban J connectivity index is 2.34. The molecule has 1 atom stereocenters. The highest BCUT2D eigenvalue weighted by molar-refractivity contribution is 5.97. The van der Waals surface area contributed by atoms with E-state index in [0.717, 1.165) is 25.1 Å². The van der Waals surface area contributed by atoms with Crippen molar-refractivity contribution in [1.29, 1.82) is 0 Å². The van der Waals surface area contributed by atoms with Gasteiger partial charge in [-0.15, -0.1) is 12.3 Å². The summed E-state index contributed by atoms with van der Waals surface area (Å²) in [6.45, 7) is 3.40. The number of nitrogens with one attached hydrogen (secondary N) is 1. The van der Waals surface area contributed by atoms with Crippen LogP contribution in [-0.2, 0) is 0 Å². The van der Waals surface area contributed by atoms with Crippen molar-refractivity contribution in [3.05, 3.63) is 29.8 Å². The van der Waals surface area contributed by atoms with Crippen LogP contribution in [0.15, 0.2) is 29.4 Å². The van der Waals surface area contributed by atoms with Crippen molar-refractivity contribution in [2.45, 2.75) is 25.8 Å². The van der Waals surface area contributed by atoms with Gasteiger partial charge in [-0.05, 0) is 30.7 Å². The van der Waals surface area contributed by atoms with E-state index in [1.54, 1.807) is 24.3 Å². The molecule has 108 valence electrons. The molecule has 1 rings (SSSR count). The summed E-state index contributed by atoms with van der Waals surface area (Å²) in [4.78, 5) is 0.